The molecule has 2 heteroatoms. The molecule has 0 aromatic carbocycles. The maximum absolute atomic E-state index is 6.29. The smallest absolute Gasteiger partial charge is 0.0623 e. The van der Waals surface area contributed by atoms with E-state index >= 15 is 0 Å². The molecular formula is C15H29NO. The minimum absolute atomic E-state index is 0.00764. The first-order valence-electron chi connectivity index (χ1n) is 7.31. The summed E-state index contributed by atoms with van der Waals surface area (Å²) in [5, 5.41) is 0. The molecule has 2 fully saturated rings. The number of methoxy groups -OCH3 is 1. The molecule has 2 aliphatic carbocycles. The number of rotatable bonds is 6. The van der Waals surface area contributed by atoms with E-state index in [4.69, 9.17) is 10.5 Å². The van der Waals surface area contributed by atoms with Crippen LogP contribution in [0, 0.1) is 17.8 Å². The third-order valence-corrected chi connectivity index (χ3v) is 5.16. The Balaban J connectivity index is 1.69. The van der Waals surface area contributed by atoms with Gasteiger partial charge in [0.05, 0.1) is 5.60 Å². The molecule has 0 amide bonds. The van der Waals surface area contributed by atoms with E-state index in [9.17, 15) is 0 Å². The average Bonchev–Trinajstić information content (AvgIpc) is 2.88. The van der Waals surface area contributed by atoms with Crippen LogP contribution in [0.5, 0.6) is 0 Å². The monoisotopic (exact) mass is 239 g/mol. The lowest BCUT2D eigenvalue weighted by Gasteiger charge is -2.28. The molecule has 2 rings (SSSR count). The second-order valence-corrected chi connectivity index (χ2v) is 6.93. The van der Waals surface area contributed by atoms with Crippen molar-refractivity contribution in [3.63, 3.8) is 0 Å². The van der Waals surface area contributed by atoms with E-state index in [2.05, 4.69) is 13.8 Å². The van der Waals surface area contributed by atoms with Crippen molar-refractivity contribution >= 4 is 0 Å². The minimum atomic E-state index is -0.00764. The van der Waals surface area contributed by atoms with Gasteiger partial charge in [-0.3, -0.25) is 0 Å². The van der Waals surface area contributed by atoms with Crippen molar-refractivity contribution in [3.05, 3.63) is 0 Å². The number of hydrogen-bond acceptors (Lipinski definition) is 2. The van der Waals surface area contributed by atoms with Crippen LogP contribution < -0.4 is 5.73 Å². The molecule has 4 unspecified atom stereocenters. The maximum Gasteiger partial charge on any atom is 0.0623 e. The van der Waals surface area contributed by atoms with Crippen molar-refractivity contribution in [3.8, 4) is 0 Å². The zero-order valence-electron chi connectivity index (χ0n) is 11.7. The molecule has 0 radical (unpaired) electrons. The third-order valence-electron chi connectivity index (χ3n) is 5.16. The van der Waals surface area contributed by atoms with Gasteiger partial charge in [-0.1, -0.05) is 6.42 Å². The summed E-state index contributed by atoms with van der Waals surface area (Å²) in [7, 11) is 1.79. The number of fused-ring (bicyclic) bond motifs is 2. The Morgan fingerprint density at radius 1 is 1.29 bits per heavy atom. The normalized spacial score (nSPS) is 34.2. The Morgan fingerprint density at radius 3 is 2.59 bits per heavy atom. The Morgan fingerprint density at radius 2 is 2.06 bits per heavy atom. The van der Waals surface area contributed by atoms with Crippen LogP contribution >= 0.6 is 0 Å². The molecule has 0 aromatic heterocycles. The lowest BCUT2D eigenvalue weighted by molar-refractivity contribution is 0.0119. The molecule has 0 aromatic rings. The summed E-state index contributed by atoms with van der Waals surface area (Å²) in [6, 6.07) is 0.383. The average molecular weight is 239 g/mol. The lowest BCUT2D eigenvalue weighted by Crippen LogP contribution is -2.30. The molecular weight excluding hydrogens is 210 g/mol. The molecule has 100 valence electrons. The van der Waals surface area contributed by atoms with Crippen LogP contribution in [0.3, 0.4) is 0 Å². The second-order valence-electron chi connectivity index (χ2n) is 6.93. The number of ether oxygens (including phenoxy) is 1. The standard InChI is InChI=1S/C15H29NO/c1-15(2,17-3)7-6-14(16)10-13-9-11-4-5-12(13)8-11/h11-14H,4-10,16H2,1-3H3. The maximum atomic E-state index is 6.29. The van der Waals surface area contributed by atoms with E-state index < -0.39 is 0 Å². The van der Waals surface area contributed by atoms with Gasteiger partial charge in [0.1, 0.15) is 0 Å². The highest BCUT2D eigenvalue weighted by molar-refractivity contribution is 4.91. The van der Waals surface area contributed by atoms with Crippen LogP contribution in [0.1, 0.15) is 58.8 Å². The molecule has 0 heterocycles. The zero-order chi connectivity index (χ0) is 12.5. The first-order chi connectivity index (χ1) is 8.00. The summed E-state index contributed by atoms with van der Waals surface area (Å²) >= 11 is 0. The molecule has 2 bridgehead atoms. The van der Waals surface area contributed by atoms with Gasteiger partial charge in [0.25, 0.3) is 0 Å². The summed E-state index contributed by atoms with van der Waals surface area (Å²) in [6.45, 7) is 4.30. The van der Waals surface area contributed by atoms with Crippen molar-refractivity contribution in [2.45, 2.75) is 70.4 Å². The Hall–Kier alpha value is -0.0800. The van der Waals surface area contributed by atoms with Crippen molar-refractivity contribution < 1.29 is 4.74 Å². The van der Waals surface area contributed by atoms with Gasteiger partial charge in [0.15, 0.2) is 0 Å². The van der Waals surface area contributed by atoms with E-state index in [0.29, 0.717) is 6.04 Å². The van der Waals surface area contributed by atoms with Crippen LogP contribution in [0.25, 0.3) is 0 Å². The SMILES string of the molecule is COC(C)(C)CCC(N)CC1CC2CCC1C2. The molecule has 2 N–H and O–H groups in total. The van der Waals surface area contributed by atoms with Gasteiger partial charge in [-0.2, -0.15) is 0 Å². The van der Waals surface area contributed by atoms with Crippen molar-refractivity contribution in [2.24, 2.45) is 23.5 Å². The third kappa shape index (κ3) is 3.45. The predicted octanol–water partition coefficient (Wildman–Crippen LogP) is 3.35. The van der Waals surface area contributed by atoms with Crippen molar-refractivity contribution in [2.75, 3.05) is 7.11 Å². The molecule has 0 spiro atoms. The van der Waals surface area contributed by atoms with Crippen molar-refractivity contribution in [1.29, 1.82) is 0 Å². The number of hydrogen-bond donors (Lipinski definition) is 1. The Bertz CT molecular complexity index is 251. The van der Waals surface area contributed by atoms with E-state index in [0.717, 1.165) is 30.6 Å². The Kier molecular flexibility index (Phi) is 4.14. The van der Waals surface area contributed by atoms with E-state index in [1.807, 2.05) is 0 Å². The summed E-state index contributed by atoms with van der Waals surface area (Å²) in [5.74, 6) is 3.00. The summed E-state index contributed by atoms with van der Waals surface area (Å²) in [4.78, 5) is 0. The van der Waals surface area contributed by atoms with Gasteiger partial charge in [-0.25, -0.2) is 0 Å². The fourth-order valence-electron chi connectivity index (χ4n) is 3.81. The van der Waals surface area contributed by atoms with Crippen molar-refractivity contribution in [1.82, 2.24) is 0 Å². The molecule has 2 nitrogen and oxygen atoms in total. The van der Waals surface area contributed by atoms with Crippen LogP contribution in [-0.4, -0.2) is 18.8 Å². The highest BCUT2D eigenvalue weighted by Gasteiger charge is 2.39. The van der Waals surface area contributed by atoms with Gasteiger partial charge < -0.3 is 10.5 Å². The zero-order valence-corrected chi connectivity index (χ0v) is 11.7. The first kappa shape index (κ1) is 13.4. The van der Waals surface area contributed by atoms with Gasteiger partial charge in [0, 0.05) is 13.2 Å². The van der Waals surface area contributed by atoms with Crippen LogP contribution in [0.2, 0.25) is 0 Å². The van der Waals surface area contributed by atoms with Crippen LogP contribution in [0.4, 0.5) is 0 Å². The molecule has 0 aliphatic heterocycles. The summed E-state index contributed by atoms with van der Waals surface area (Å²) in [5.41, 5.74) is 6.28. The van der Waals surface area contributed by atoms with Crippen LogP contribution in [-0.2, 0) is 4.74 Å². The van der Waals surface area contributed by atoms with Gasteiger partial charge in [-0.15, -0.1) is 0 Å². The fraction of sp³-hybridized carbons (Fsp3) is 1.00. The summed E-state index contributed by atoms with van der Waals surface area (Å²) in [6.07, 6.45) is 9.37. The van der Waals surface area contributed by atoms with Gasteiger partial charge in [-0.05, 0) is 70.1 Å². The fourth-order valence-corrected chi connectivity index (χ4v) is 3.81. The Labute approximate surface area is 106 Å². The topological polar surface area (TPSA) is 35.2 Å². The van der Waals surface area contributed by atoms with E-state index in [-0.39, 0.29) is 5.60 Å². The minimum Gasteiger partial charge on any atom is -0.379 e. The largest absolute Gasteiger partial charge is 0.379 e. The highest BCUT2D eigenvalue weighted by atomic mass is 16.5. The molecule has 2 saturated carbocycles. The summed E-state index contributed by atoms with van der Waals surface area (Å²) < 4.78 is 5.45. The highest BCUT2D eigenvalue weighted by Crippen LogP contribution is 2.49. The second kappa shape index (κ2) is 5.27. The lowest BCUT2D eigenvalue weighted by atomic mass is 9.83. The predicted molar refractivity (Wildman–Crippen MR) is 71.9 cm³/mol. The van der Waals surface area contributed by atoms with Gasteiger partial charge in [0.2, 0.25) is 0 Å². The molecule has 4 atom stereocenters. The number of nitrogens with two attached hydrogens (primary N) is 1. The molecule has 2 aliphatic rings. The quantitative estimate of drug-likeness (QED) is 0.771. The first-order valence-corrected chi connectivity index (χ1v) is 7.31. The van der Waals surface area contributed by atoms with E-state index in [1.54, 1.807) is 7.11 Å². The van der Waals surface area contributed by atoms with E-state index in [1.165, 1.54) is 32.1 Å². The van der Waals surface area contributed by atoms with Crippen LogP contribution in [0.15, 0.2) is 0 Å². The van der Waals surface area contributed by atoms with Gasteiger partial charge >= 0.3 is 0 Å². The molecule has 0 saturated heterocycles. The molecule has 17 heavy (non-hydrogen) atoms.